The number of hydrogen-bond donors (Lipinski definition) is 2. The van der Waals surface area contributed by atoms with Gasteiger partial charge in [-0.15, -0.1) is 0 Å². The maximum absolute atomic E-state index is 12.3. The van der Waals surface area contributed by atoms with Crippen LogP contribution < -0.4 is 10.6 Å². The smallest absolute Gasteiger partial charge is 0.300 e. The summed E-state index contributed by atoms with van der Waals surface area (Å²) in [5.41, 5.74) is 0.888. The van der Waals surface area contributed by atoms with Gasteiger partial charge in [0.25, 0.3) is 11.6 Å². The van der Waals surface area contributed by atoms with Crippen LogP contribution in [0.2, 0.25) is 0 Å². The first-order valence-corrected chi connectivity index (χ1v) is 6.07. The van der Waals surface area contributed by atoms with Crippen LogP contribution in [0.5, 0.6) is 0 Å². The van der Waals surface area contributed by atoms with Gasteiger partial charge in [0.2, 0.25) is 0 Å². The molecule has 0 aliphatic heterocycles. The maximum Gasteiger partial charge on any atom is 0.300 e. The van der Waals surface area contributed by atoms with Gasteiger partial charge in [-0.3, -0.25) is 19.9 Å². The summed E-state index contributed by atoms with van der Waals surface area (Å²) in [7, 11) is 1.61. The highest BCUT2D eigenvalue weighted by atomic mass is 16.6. The average Bonchev–Trinajstić information content (AvgIpc) is 2.48. The van der Waals surface area contributed by atoms with Gasteiger partial charge in [0.1, 0.15) is 17.6 Å². The second-order valence-corrected chi connectivity index (χ2v) is 4.24. The fraction of sp³-hybridized carbons (Fsp3) is 0.154. The van der Waals surface area contributed by atoms with Crippen molar-refractivity contribution in [2.24, 2.45) is 0 Å². The Morgan fingerprint density at radius 1 is 1.38 bits per heavy atom. The number of anilines is 2. The summed E-state index contributed by atoms with van der Waals surface area (Å²) >= 11 is 0. The van der Waals surface area contributed by atoms with E-state index in [0.717, 1.165) is 11.8 Å². The minimum atomic E-state index is -0.641. The topological polar surface area (TPSA) is 110 Å². The van der Waals surface area contributed by atoms with Crippen LogP contribution in [-0.2, 0) is 0 Å². The van der Waals surface area contributed by atoms with Crippen LogP contribution in [-0.4, -0.2) is 27.8 Å². The lowest BCUT2D eigenvalue weighted by molar-refractivity contribution is -0.385. The molecule has 0 fully saturated rings. The molecule has 0 aliphatic rings. The molecular formula is C13H13N5O3. The Balaban J connectivity index is 2.38. The summed E-state index contributed by atoms with van der Waals surface area (Å²) in [6.07, 6.45) is 4.13. The molecule has 2 heterocycles. The van der Waals surface area contributed by atoms with Crippen molar-refractivity contribution in [2.75, 3.05) is 17.7 Å². The quantitative estimate of drug-likeness (QED) is 0.657. The number of nitrogens with zero attached hydrogens (tertiary/aromatic N) is 3. The number of rotatable bonds is 4. The van der Waals surface area contributed by atoms with Gasteiger partial charge in [0.15, 0.2) is 0 Å². The average molecular weight is 287 g/mol. The molecule has 0 aromatic carbocycles. The van der Waals surface area contributed by atoms with Gasteiger partial charge in [0, 0.05) is 19.3 Å². The van der Waals surface area contributed by atoms with Crippen LogP contribution in [0.15, 0.2) is 30.7 Å². The molecule has 108 valence electrons. The van der Waals surface area contributed by atoms with Gasteiger partial charge >= 0.3 is 0 Å². The van der Waals surface area contributed by atoms with Crippen LogP contribution in [0.25, 0.3) is 0 Å². The molecule has 8 nitrogen and oxygen atoms in total. The second kappa shape index (κ2) is 5.95. The van der Waals surface area contributed by atoms with E-state index in [2.05, 4.69) is 20.6 Å². The van der Waals surface area contributed by atoms with E-state index in [1.807, 2.05) is 0 Å². The van der Waals surface area contributed by atoms with E-state index in [1.54, 1.807) is 26.2 Å². The number of nitro groups is 1. The van der Waals surface area contributed by atoms with Gasteiger partial charge in [-0.05, 0) is 18.6 Å². The second-order valence-electron chi connectivity index (χ2n) is 4.24. The van der Waals surface area contributed by atoms with Crippen molar-refractivity contribution in [1.29, 1.82) is 0 Å². The molecule has 0 saturated carbocycles. The maximum atomic E-state index is 12.3. The summed E-state index contributed by atoms with van der Waals surface area (Å²) < 4.78 is 0. The molecule has 2 aromatic rings. The van der Waals surface area contributed by atoms with E-state index in [1.165, 1.54) is 12.3 Å². The molecule has 2 rings (SSSR count). The largest absolute Gasteiger partial charge is 0.373 e. The predicted octanol–water partition coefficient (Wildman–Crippen LogP) is 1.99. The Labute approximate surface area is 120 Å². The molecule has 0 aliphatic carbocycles. The van der Waals surface area contributed by atoms with Crippen molar-refractivity contribution in [1.82, 2.24) is 9.97 Å². The molecule has 0 spiro atoms. The molecule has 2 N–H and O–H groups in total. The molecule has 0 unspecified atom stereocenters. The van der Waals surface area contributed by atoms with E-state index in [-0.39, 0.29) is 11.3 Å². The van der Waals surface area contributed by atoms with Crippen molar-refractivity contribution in [2.45, 2.75) is 6.92 Å². The number of aryl methyl sites for hydroxylation is 1. The fourth-order valence-corrected chi connectivity index (χ4v) is 1.70. The Bertz CT molecular complexity index is 702. The Morgan fingerprint density at radius 2 is 2.14 bits per heavy atom. The first kappa shape index (κ1) is 14.4. The third-order valence-electron chi connectivity index (χ3n) is 2.87. The van der Waals surface area contributed by atoms with E-state index in [9.17, 15) is 14.9 Å². The monoisotopic (exact) mass is 287 g/mol. The van der Waals surface area contributed by atoms with E-state index in [0.29, 0.717) is 11.5 Å². The van der Waals surface area contributed by atoms with Crippen LogP contribution in [0.4, 0.5) is 17.2 Å². The molecule has 8 heteroatoms. The van der Waals surface area contributed by atoms with Gasteiger partial charge in [-0.2, -0.15) is 0 Å². The van der Waals surface area contributed by atoms with E-state index < -0.39 is 10.8 Å². The molecule has 0 saturated heterocycles. The molecule has 0 radical (unpaired) electrons. The standard InChI is InChI=1S/C13H13N5O3/c1-8-3-4-15-6-10(8)17-13(19)9-5-12(14-2)16-7-11(9)18(20)21/h3-7H,1-2H3,(H,14,16)(H,17,19). The highest BCUT2D eigenvalue weighted by Crippen LogP contribution is 2.22. The third kappa shape index (κ3) is 3.11. The van der Waals surface area contributed by atoms with Crippen molar-refractivity contribution < 1.29 is 9.72 Å². The van der Waals surface area contributed by atoms with Gasteiger partial charge in [-0.1, -0.05) is 0 Å². The van der Waals surface area contributed by atoms with Crippen molar-refractivity contribution in [3.8, 4) is 0 Å². The van der Waals surface area contributed by atoms with Crippen molar-refractivity contribution in [3.63, 3.8) is 0 Å². The number of amides is 1. The highest BCUT2D eigenvalue weighted by molar-refractivity contribution is 6.07. The molecule has 0 atom stereocenters. The highest BCUT2D eigenvalue weighted by Gasteiger charge is 2.22. The number of pyridine rings is 2. The molecule has 0 bridgehead atoms. The Morgan fingerprint density at radius 3 is 2.76 bits per heavy atom. The van der Waals surface area contributed by atoms with Crippen molar-refractivity contribution in [3.05, 3.63) is 52.0 Å². The van der Waals surface area contributed by atoms with Crippen LogP contribution in [0, 0.1) is 17.0 Å². The SMILES string of the molecule is CNc1cc(C(=O)Nc2cnccc2C)c([N+](=O)[O-])cn1. The molecular weight excluding hydrogens is 274 g/mol. The van der Waals surface area contributed by atoms with Gasteiger partial charge in [-0.25, -0.2) is 4.98 Å². The summed E-state index contributed by atoms with van der Waals surface area (Å²) in [6.45, 7) is 1.80. The van der Waals surface area contributed by atoms with Crippen LogP contribution >= 0.6 is 0 Å². The zero-order valence-electron chi connectivity index (χ0n) is 11.5. The van der Waals surface area contributed by atoms with Gasteiger partial charge < -0.3 is 10.6 Å². The third-order valence-corrected chi connectivity index (χ3v) is 2.87. The summed E-state index contributed by atoms with van der Waals surface area (Å²) in [5.74, 6) is -0.217. The fourth-order valence-electron chi connectivity index (χ4n) is 1.70. The lowest BCUT2D eigenvalue weighted by Crippen LogP contribution is -2.15. The number of hydrogen-bond acceptors (Lipinski definition) is 6. The zero-order valence-corrected chi connectivity index (χ0v) is 11.5. The predicted molar refractivity (Wildman–Crippen MR) is 77.4 cm³/mol. The van der Waals surface area contributed by atoms with Crippen LogP contribution in [0.3, 0.4) is 0 Å². The Kier molecular flexibility index (Phi) is 4.07. The minimum Gasteiger partial charge on any atom is -0.373 e. The van der Waals surface area contributed by atoms with Crippen molar-refractivity contribution >= 4 is 23.1 Å². The van der Waals surface area contributed by atoms with E-state index in [4.69, 9.17) is 0 Å². The van der Waals surface area contributed by atoms with Crippen LogP contribution in [0.1, 0.15) is 15.9 Å². The Hall–Kier alpha value is -3.03. The first-order chi connectivity index (χ1) is 10.0. The normalized spacial score (nSPS) is 10.0. The van der Waals surface area contributed by atoms with Gasteiger partial charge in [0.05, 0.1) is 16.8 Å². The molecule has 21 heavy (non-hydrogen) atoms. The summed E-state index contributed by atoms with van der Waals surface area (Å²) in [4.78, 5) is 30.4. The molecule has 2 aromatic heterocycles. The number of aromatic nitrogens is 2. The number of nitrogens with one attached hydrogen (secondary N) is 2. The lowest BCUT2D eigenvalue weighted by Gasteiger charge is -2.08. The minimum absolute atomic E-state index is 0.0670. The summed E-state index contributed by atoms with van der Waals surface area (Å²) in [5, 5.41) is 16.3. The number of carbonyl (C=O) groups excluding carboxylic acids is 1. The lowest BCUT2D eigenvalue weighted by atomic mass is 10.2. The van der Waals surface area contributed by atoms with E-state index >= 15 is 0 Å². The summed E-state index contributed by atoms with van der Waals surface area (Å²) in [6, 6.07) is 3.06. The number of carbonyl (C=O) groups is 1. The zero-order chi connectivity index (χ0) is 15.4. The molecule has 1 amide bonds. The first-order valence-electron chi connectivity index (χ1n) is 6.07.